The predicted molar refractivity (Wildman–Crippen MR) is 82.8 cm³/mol. The highest BCUT2D eigenvalue weighted by molar-refractivity contribution is 9.10. The first-order valence-corrected chi connectivity index (χ1v) is 7.82. The fraction of sp³-hybridized carbons (Fsp3) is 0.533. The molecule has 1 fully saturated rings. The molecule has 0 radical (unpaired) electrons. The van der Waals surface area contributed by atoms with Gasteiger partial charge in [0.15, 0.2) is 0 Å². The summed E-state index contributed by atoms with van der Waals surface area (Å²) < 4.78 is 1.06. The number of likely N-dealkylation sites (tertiary alicyclic amines) is 1. The molecule has 1 saturated heterocycles. The maximum atomic E-state index is 12.0. The van der Waals surface area contributed by atoms with Crippen LogP contribution < -0.4 is 5.32 Å². The van der Waals surface area contributed by atoms with Crippen LogP contribution in [-0.2, 0) is 0 Å². The lowest BCUT2D eigenvalue weighted by molar-refractivity contribution is 0.0936. The van der Waals surface area contributed by atoms with E-state index < -0.39 is 0 Å². The standard InChI is InChI=1S/C15H21BrN2O2/c1-11(12-2-4-13(16)5-3-12)10-17-15(20)18-8-6-14(19)7-9-18/h2-5,11,14,19H,6-10H2,1H3,(H,17,20). The summed E-state index contributed by atoms with van der Waals surface area (Å²) in [5.41, 5.74) is 1.21. The Morgan fingerprint density at radius 3 is 2.60 bits per heavy atom. The monoisotopic (exact) mass is 340 g/mol. The summed E-state index contributed by atoms with van der Waals surface area (Å²) in [6.07, 6.45) is 1.10. The van der Waals surface area contributed by atoms with Crippen LogP contribution in [-0.4, -0.2) is 41.8 Å². The van der Waals surface area contributed by atoms with Crippen LogP contribution in [0.25, 0.3) is 0 Å². The molecule has 0 saturated carbocycles. The number of carbonyl (C=O) groups is 1. The van der Waals surface area contributed by atoms with Crippen molar-refractivity contribution in [3.8, 4) is 0 Å². The van der Waals surface area contributed by atoms with Gasteiger partial charge in [-0.15, -0.1) is 0 Å². The minimum atomic E-state index is -0.249. The maximum absolute atomic E-state index is 12.0. The van der Waals surface area contributed by atoms with E-state index in [-0.39, 0.29) is 18.1 Å². The van der Waals surface area contributed by atoms with Gasteiger partial charge in [0.05, 0.1) is 6.10 Å². The molecule has 0 aromatic heterocycles. The smallest absolute Gasteiger partial charge is 0.317 e. The Kier molecular flexibility index (Phi) is 5.43. The second-order valence-corrected chi connectivity index (χ2v) is 6.27. The Morgan fingerprint density at radius 1 is 1.40 bits per heavy atom. The summed E-state index contributed by atoms with van der Waals surface area (Å²) in [5, 5.41) is 12.4. The van der Waals surface area contributed by atoms with E-state index in [1.807, 2.05) is 12.1 Å². The molecular formula is C15H21BrN2O2. The Labute approximate surface area is 128 Å². The summed E-state index contributed by atoms with van der Waals surface area (Å²) in [4.78, 5) is 13.8. The molecule has 1 aliphatic rings. The van der Waals surface area contributed by atoms with Crippen molar-refractivity contribution in [2.75, 3.05) is 19.6 Å². The van der Waals surface area contributed by atoms with E-state index in [0.29, 0.717) is 32.5 Å². The van der Waals surface area contributed by atoms with Gasteiger partial charge in [0.1, 0.15) is 0 Å². The lowest BCUT2D eigenvalue weighted by Crippen LogP contribution is -2.46. The zero-order valence-electron chi connectivity index (χ0n) is 11.7. The predicted octanol–water partition coefficient (Wildman–Crippen LogP) is 2.72. The van der Waals surface area contributed by atoms with Crippen LogP contribution in [0.1, 0.15) is 31.2 Å². The van der Waals surface area contributed by atoms with E-state index in [4.69, 9.17) is 0 Å². The molecule has 1 heterocycles. The van der Waals surface area contributed by atoms with Crippen molar-refractivity contribution < 1.29 is 9.90 Å². The fourth-order valence-corrected chi connectivity index (χ4v) is 2.59. The van der Waals surface area contributed by atoms with Crippen LogP contribution in [0.2, 0.25) is 0 Å². The number of aliphatic hydroxyl groups is 1. The summed E-state index contributed by atoms with van der Waals surface area (Å²) in [7, 11) is 0. The zero-order chi connectivity index (χ0) is 14.5. The molecule has 1 unspecified atom stereocenters. The van der Waals surface area contributed by atoms with Crippen LogP contribution in [0.5, 0.6) is 0 Å². The third kappa shape index (κ3) is 4.21. The minimum absolute atomic E-state index is 0.0270. The topological polar surface area (TPSA) is 52.6 Å². The fourth-order valence-electron chi connectivity index (χ4n) is 2.33. The maximum Gasteiger partial charge on any atom is 0.317 e. The van der Waals surface area contributed by atoms with E-state index in [2.05, 4.69) is 40.3 Å². The largest absolute Gasteiger partial charge is 0.393 e. The number of hydrogen-bond donors (Lipinski definition) is 2. The van der Waals surface area contributed by atoms with Crippen molar-refractivity contribution in [3.05, 3.63) is 34.3 Å². The van der Waals surface area contributed by atoms with E-state index in [1.54, 1.807) is 4.90 Å². The van der Waals surface area contributed by atoms with Gasteiger partial charge < -0.3 is 15.3 Å². The number of benzene rings is 1. The molecule has 1 atom stereocenters. The van der Waals surface area contributed by atoms with Gasteiger partial charge in [-0.1, -0.05) is 35.0 Å². The van der Waals surface area contributed by atoms with Crippen molar-refractivity contribution in [1.82, 2.24) is 10.2 Å². The quantitative estimate of drug-likeness (QED) is 0.888. The number of nitrogens with zero attached hydrogens (tertiary/aromatic N) is 1. The lowest BCUT2D eigenvalue weighted by atomic mass is 10.0. The molecule has 20 heavy (non-hydrogen) atoms. The molecule has 0 aliphatic carbocycles. The molecule has 5 heteroatoms. The zero-order valence-corrected chi connectivity index (χ0v) is 13.3. The molecule has 110 valence electrons. The van der Waals surface area contributed by atoms with Crippen molar-refractivity contribution in [1.29, 1.82) is 0 Å². The second-order valence-electron chi connectivity index (χ2n) is 5.36. The van der Waals surface area contributed by atoms with Gasteiger partial charge in [-0.25, -0.2) is 4.79 Å². The highest BCUT2D eigenvalue weighted by Crippen LogP contribution is 2.18. The van der Waals surface area contributed by atoms with Gasteiger partial charge in [-0.05, 0) is 36.5 Å². The molecule has 2 N–H and O–H groups in total. The number of piperidine rings is 1. The first-order chi connectivity index (χ1) is 9.56. The Balaban J connectivity index is 1.79. The van der Waals surface area contributed by atoms with Gasteiger partial charge in [0, 0.05) is 24.1 Å². The Bertz CT molecular complexity index is 442. The van der Waals surface area contributed by atoms with Crippen LogP contribution in [0.3, 0.4) is 0 Å². The summed E-state index contributed by atoms with van der Waals surface area (Å²) in [6, 6.07) is 8.14. The molecular weight excluding hydrogens is 320 g/mol. The molecule has 1 aromatic rings. The SMILES string of the molecule is CC(CNC(=O)N1CCC(O)CC1)c1ccc(Br)cc1. The normalized spacial score (nSPS) is 17.9. The number of halogens is 1. The van der Waals surface area contributed by atoms with Gasteiger partial charge in [0.2, 0.25) is 0 Å². The summed E-state index contributed by atoms with van der Waals surface area (Å²) >= 11 is 3.42. The van der Waals surface area contributed by atoms with Gasteiger partial charge >= 0.3 is 6.03 Å². The van der Waals surface area contributed by atoms with E-state index in [0.717, 1.165) is 4.47 Å². The van der Waals surface area contributed by atoms with Gasteiger partial charge in [-0.3, -0.25) is 0 Å². The van der Waals surface area contributed by atoms with Crippen molar-refractivity contribution in [2.45, 2.75) is 31.8 Å². The highest BCUT2D eigenvalue weighted by atomic mass is 79.9. The number of nitrogens with one attached hydrogen (secondary N) is 1. The van der Waals surface area contributed by atoms with Crippen molar-refractivity contribution >= 4 is 22.0 Å². The van der Waals surface area contributed by atoms with Crippen molar-refractivity contribution in [2.24, 2.45) is 0 Å². The van der Waals surface area contributed by atoms with Gasteiger partial charge in [-0.2, -0.15) is 0 Å². The third-order valence-corrected chi connectivity index (χ3v) is 4.28. The number of urea groups is 1. The number of aliphatic hydroxyl groups excluding tert-OH is 1. The minimum Gasteiger partial charge on any atom is -0.393 e. The molecule has 0 bridgehead atoms. The third-order valence-electron chi connectivity index (χ3n) is 3.75. The Morgan fingerprint density at radius 2 is 2.00 bits per heavy atom. The van der Waals surface area contributed by atoms with Crippen LogP contribution in [0.15, 0.2) is 28.7 Å². The lowest BCUT2D eigenvalue weighted by Gasteiger charge is -2.30. The first kappa shape index (κ1) is 15.3. The van der Waals surface area contributed by atoms with Gasteiger partial charge in [0.25, 0.3) is 0 Å². The number of amides is 2. The average Bonchev–Trinajstić information content (AvgIpc) is 2.46. The van der Waals surface area contributed by atoms with E-state index >= 15 is 0 Å². The number of rotatable bonds is 3. The van der Waals surface area contributed by atoms with Crippen molar-refractivity contribution in [3.63, 3.8) is 0 Å². The second kappa shape index (κ2) is 7.09. The first-order valence-electron chi connectivity index (χ1n) is 7.02. The van der Waals surface area contributed by atoms with Crippen LogP contribution in [0.4, 0.5) is 4.79 Å². The highest BCUT2D eigenvalue weighted by Gasteiger charge is 2.21. The molecule has 2 rings (SSSR count). The van der Waals surface area contributed by atoms with Crippen LogP contribution >= 0.6 is 15.9 Å². The number of hydrogen-bond acceptors (Lipinski definition) is 2. The van der Waals surface area contributed by atoms with E-state index in [1.165, 1.54) is 5.56 Å². The molecule has 1 aliphatic heterocycles. The average molecular weight is 341 g/mol. The molecule has 1 aromatic carbocycles. The Hall–Kier alpha value is -1.07. The summed E-state index contributed by atoms with van der Waals surface area (Å²) in [6.45, 7) is 4.00. The molecule has 4 nitrogen and oxygen atoms in total. The molecule has 2 amide bonds. The van der Waals surface area contributed by atoms with E-state index in [9.17, 15) is 9.90 Å². The summed E-state index contributed by atoms with van der Waals surface area (Å²) in [5.74, 6) is 0.280. The van der Waals surface area contributed by atoms with Crippen LogP contribution in [0, 0.1) is 0 Å². The molecule has 0 spiro atoms. The number of carbonyl (C=O) groups excluding carboxylic acids is 1.